The maximum Gasteiger partial charge on any atom is 0.237 e. The highest BCUT2D eigenvalue weighted by molar-refractivity contribution is 8.00. The number of hydrogen-bond donors (Lipinski definition) is 2. The Morgan fingerprint density at radius 2 is 2.33 bits per heavy atom. The third-order valence-corrected chi connectivity index (χ3v) is 3.41. The molecule has 0 aliphatic heterocycles. The first kappa shape index (κ1) is 14.8. The third-order valence-electron chi connectivity index (χ3n) is 2.30. The minimum Gasteiger partial charge on any atom is -0.397 e. The van der Waals surface area contributed by atoms with E-state index in [-0.39, 0.29) is 16.8 Å². The number of halogens is 1. The van der Waals surface area contributed by atoms with E-state index >= 15 is 0 Å². The molecule has 100 valence electrons. The number of amides is 1. The molecule has 1 unspecified atom stereocenters. The molecule has 1 amide bonds. The molecule has 3 N–H and O–H groups in total. The number of carbonyl (C=O) groups excluding carboxylic acids is 1. The van der Waals surface area contributed by atoms with E-state index in [1.807, 2.05) is 0 Å². The Morgan fingerprint density at radius 1 is 1.61 bits per heavy atom. The van der Waals surface area contributed by atoms with Crippen molar-refractivity contribution in [1.29, 1.82) is 0 Å². The molecule has 6 heteroatoms. The molecule has 1 aromatic rings. The summed E-state index contributed by atoms with van der Waals surface area (Å²) in [5.74, 6) is 0.159. The Bertz CT molecular complexity index is 415. The largest absolute Gasteiger partial charge is 0.397 e. The van der Waals surface area contributed by atoms with Crippen LogP contribution in [-0.2, 0) is 9.53 Å². The van der Waals surface area contributed by atoms with Crippen LogP contribution in [0.15, 0.2) is 18.2 Å². The van der Waals surface area contributed by atoms with Crippen molar-refractivity contribution in [2.75, 3.05) is 30.5 Å². The highest BCUT2D eigenvalue weighted by Gasteiger charge is 2.14. The summed E-state index contributed by atoms with van der Waals surface area (Å²) in [7, 11) is 1.62. The van der Waals surface area contributed by atoms with Gasteiger partial charge < -0.3 is 15.8 Å². The van der Waals surface area contributed by atoms with Crippen LogP contribution in [0.3, 0.4) is 0 Å². The molecule has 0 aromatic heterocycles. The van der Waals surface area contributed by atoms with E-state index in [0.29, 0.717) is 12.3 Å². The van der Waals surface area contributed by atoms with Crippen LogP contribution in [0.1, 0.15) is 6.92 Å². The van der Waals surface area contributed by atoms with Crippen LogP contribution in [0.5, 0.6) is 0 Å². The monoisotopic (exact) mass is 272 g/mol. The van der Waals surface area contributed by atoms with Gasteiger partial charge in [-0.2, -0.15) is 0 Å². The second kappa shape index (κ2) is 7.23. The molecule has 0 aliphatic rings. The zero-order valence-corrected chi connectivity index (χ0v) is 11.2. The standard InChI is InChI=1S/C12H17FN2O2S/c1-8(18-6-5-17-2)12(16)15-11-4-3-9(13)7-10(11)14/h3-4,7-8H,5-6,14H2,1-2H3,(H,15,16). The number of benzene rings is 1. The maximum atomic E-state index is 12.8. The lowest BCUT2D eigenvalue weighted by Gasteiger charge is -2.13. The molecular formula is C12H17FN2O2S. The fourth-order valence-electron chi connectivity index (χ4n) is 1.27. The first-order chi connectivity index (χ1) is 8.54. The van der Waals surface area contributed by atoms with Crippen LogP contribution in [0.2, 0.25) is 0 Å². The third kappa shape index (κ3) is 4.54. The Hall–Kier alpha value is -1.27. The number of nitrogens with one attached hydrogen (secondary N) is 1. The summed E-state index contributed by atoms with van der Waals surface area (Å²) in [4.78, 5) is 11.8. The number of anilines is 2. The average molecular weight is 272 g/mol. The van der Waals surface area contributed by atoms with E-state index < -0.39 is 5.82 Å². The summed E-state index contributed by atoms with van der Waals surface area (Å²) in [6.45, 7) is 2.40. The SMILES string of the molecule is COCCSC(C)C(=O)Nc1ccc(F)cc1N. The van der Waals surface area contributed by atoms with Crippen LogP contribution in [-0.4, -0.2) is 30.6 Å². The topological polar surface area (TPSA) is 64.3 Å². The predicted molar refractivity (Wildman–Crippen MR) is 73.2 cm³/mol. The highest BCUT2D eigenvalue weighted by atomic mass is 32.2. The second-order valence-corrected chi connectivity index (χ2v) is 5.18. The van der Waals surface area contributed by atoms with E-state index in [1.165, 1.54) is 30.0 Å². The molecular weight excluding hydrogens is 255 g/mol. The van der Waals surface area contributed by atoms with Gasteiger partial charge in [-0.15, -0.1) is 11.8 Å². The van der Waals surface area contributed by atoms with Crippen molar-refractivity contribution in [3.8, 4) is 0 Å². The predicted octanol–water partition coefficient (Wildman–Crippen LogP) is 2.11. The summed E-state index contributed by atoms with van der Waals surface area (Å²) in [5.41, 5.74) is 6.26. The van der Waals surface area contributed by atoms with Gasteiger partial charge in [-0.05, 0) is 25.1 Å². The number of nitrogens with two attached hydrogens (primary N) is 1. The first-order valence-corrected chi connectivity index (χ1v) is 6.56. The molecule has 0 spiro atoms. The molecule has 0 saturated carbocycles. The molecule has 0 saturated heterocycles. The summed E-state index contributed by atoms with van der Waals surface area (Å²) < 4.78 is 17.7. The van der Waals surface area contributed by atoms with E-state index in [2.05, 4.69) is 5.32 Å². The number of hydrogen-bond acceptors (Lipinski definition) is 4. The van der Waals surface area contributed by atoms with Gasteiger partial charge in [-0.1, -0.05) is 0 Å². The molecule has 0 heterocycles. The molecule has 4 nitrogen and oxygen atoms in total. The van der Waals surface area contributed by atoms with Gasteiger partial charge in [0, 0.05) is 12.9 Å². The Morgan fingerprint density at radius 3 is 2.94 bits per heavy atom. The summed E-state index contributed by atoms with van der Waals surface area (Å²) in [5, 5.41) is 2.45. The van der Waals surface area contributed by atoms with Crippen LogP contribution < -0.4 is 11.1 Å². The number of ether oxygens (including phenoxy) is 1. The molecule has 0 radical (unpaired) electrons. The Labute approximate surface area is 110 Å². The fraction of sp³-hybridized carbons (Fsp3) is 0.417. The summed E-state index contributed by atoms with van der Waals surface area (Å²) >= 11 is 1.49. The van der Waals surface area contributed by atoms with Crippen molar-refractivity contribution < 1.29 is 13.9 Å². The van der Waals surface area contributed by atoms with Gasteiger partial charge in [0.1, 0.15) is 5.82 Å². The van der Waals surface area contributed by atoms with Gasteiger partial charge in [-0.3, -0.25) is 4.79 Å². The van der Waals surface area contributed by atoms with E-state index in [0.717, 1.165) is 5.75 Å². The maximum absolute atomic E-state index is 12.8. The lowest BCUT2D eigenvalue weighted by Crippen LogP contribution is -2.23. The lowest BCUT2D eigenvalue weighted by atomic mass is 10.2. The van der Waals surface area contributed by atoms with E-state index in [4.69, 9.17) is 10.5 Å². The van der Waals surface area contributed by atoms with Gasteiger partial charge in [0.25, 0.3) is 0 Å². The van der Waals surface area contributed by atoms with Crippen molar-refractivity contribution in [3.05, 3.63) is 24.0 Å². The molecule has 18 heavy (non-hydrogen) atoms. The van der Waals surface area contributed by atoms with Gasteiger partial charge in [0.2, 0.25) is 5.91 Å². The number of rotatable bonds is 6. The van der Waals surface area contributed by atoms with Crippen LogP contribution in [0.25, 0.3) is 0 Å². The minimum absolute atomic E-state index is 0.158. The van der Waals surface area contributed by atoms with Crippen LogP contribution in [0, 0.1) is 5.82 Å². The average Bonchev–Trinajstić information content (AvgIpc) is 2.32. The number of carbonyl (C=O) groups is 1. The molecule has 0 fully saturated rings. The Kier molecular flexibility index (Phi) is 5.94. The number of nitrogen functional groups attached to an aromatic ring is 1. The molecule has 0 bridgehead atoms. The number of thioether (sulfide) groups is 1. The normalized spacial score (nSPS) is 12.2. The summed E-state index contributed by atoms with van der Waals surface area (Å²) in [6, 6.07) is 3.89. The van der Waals surface area contributed by atoms with Crippen LogP contribution >= 0.6 is 11.8 Å². The minimum atomic E-state index is -0.423. The number of methoxy groups -OCH3 is 1. The lowest BCUT2D eigenvalue weighted by molar-refractivity contribution is -0.115. The Balaban J connectivity index is 2.53. The first-order valence-electron chi connectivity index (χ1n) is 5.51. The molecule has 0 aliphatic carbocycles. The van der Waals surface area contributed by atoms with Crippen molar-refractivity contribution in [2.24, 2.45) is 0 Å². The van der Waals surface area contributed by atoms with Crippen molar-refractivity contribution in [1.82, 2.24) is 0 Å². The van der Waals surface area contributed by atoms with Gasteiger partial charge >= 0.3 is 0 Å². The van der Waals surface area contributed by atoms with E-state index in [1.54, 1.807) is 14.0 Å². The second-order valence-electron chi connectivity index (χ2n) is 3.73. The smallest absolute Gasteiger partial charge is 0.237 e. The van der Waals surface area contributed by atoms with Gasteiger partial charge in [0.15, 0.2) is 0 Å². The molecule has 1 rings (SSSR count). The fourth-order valence-corrected chi connectivity index (χ4v) is 2.09. The zero-order valence-electron chi connectivity index (χ0n) is 10.4. The highest BCUT2D eigenvalue weighted by Crippen LogP contribution is 2.20. The van der Waals surface area contributed by atoms with Crippen molar-refractivity contribution >= 4 is 29.0 Å². The quantitative estimate of drug-likeness (QED) is 0.615. The van der Waals surface area contributed by atoms with E-state index in [9.17, 15) is 9.18 Å². The van der Waals surface area contributed by atoms with Crippen LogP contribution in [0.4, 0.5) is 15.8 Å². The van der Waals surface area contributed by atoms with Crippen molar-refractivity contribution in [3.63, 3.8) is 0 Å². The summed E-state index contributed by atoms with van der Waals surface area (Å²) in [6.07, 6.45) is 0. The van der Waals surface area contributed by atoms with Crippen molar-refractivity contribution in [2.45, 2.75) is 12.2 Å². The van der Waals surface area contributed by atoms with Gasteiger partial charge in [0.05, 0.1) is 23.2 Å². The molecule has 1 aromatic carbocycles. The van der Waals surface area contributed by atoms with Gasteiger partial charge in [-0.25, -0.2) is 4.39 Å². The molecule has 1 atom stereocenters. The zero-order chi connectivity index (χ0) is 13.5.